The van der Waals surface area contributed by atoms with E-state index < -0.39 is 16.7 Å². The van der Waals surface area contributed by atoms with Crippen LogP contribution in [0.15, 0.2) is 66.4 Å². The number of carbonyl (C=O) groups is 2. The van der Waals surface area contributed by atoms with Crippen LogP contribution in [-0.4, -0.2) is 16.7 Å². The molecule has 1 N–H and O–H groups in total. The Bertz CT molecular complexity index is 1340. The van der Waals surface area contributed by atoms with Gasteiger partial charge in [0, 0.05) is 17.8 Å². The van der Waals surface area contributed by atoms with Crippen molar-refractivity contribution in [3.8, 4) is 0 Å². The minimum absolute atomic E-state index is 0.0916. The summed E-state index contributed by atoms with van der Waals surface area (Å²) in [7, 11) is 0. The Labute approximate surface area is 191 Å². The van der Waals surface area contributed by atoms with Crippen molar-refractivity contribution in [3.05, 3.63) is 104 Å². The Balaban J connectivity index is 1.84. The van der Waals surface area contributed by atoms with E-state index in [-0.39, 0.29) is 17.0 Å². The van der Waals surface area contributed by atoms with E-state index in [0.29, 0.717) is 16.9 Å². The van der Waals surface area contributed by atoms with Gasteiger partial charge in [0.2, 0.25) is 0 Å². The molecular weight excluding hydrogens is 418 g/mol. The van der Waals surface area contributed by atoms with Gasteiger partial charge in [-0.3, -0.25) is 19.7 Å². The second-order valence-corrected chi connectivity index (χ2v) is 8.21. The van der Waals surface area contributed by atoms with E-state index in [1.807, 2.05) is 58.0 Å². The molecule has 0 unspecified atom stereocenters. The van der Waals surface area contributed by atoms with Crippen LogP contribution in [0.4, 0.5) is 17.1 Å². The van der Waals surface area contributed by atoms with E-state index >= 15 is 0 Å². The standard InChI is InChI=1S/C26H23N3O4/c1-15-5-12-22(18(4)13-15)28-25(30)23(19-7-10-21(11-8-19)29(32)33)24(26(28)31)27-20-9-6-16(2)17(3)14-20/h5-14,27H,1-4H3. The molecule has 0 atom stereocenters. The molecule has 2 amide bonds. The lowest BCUT2D eigenvalue weighted by Crippen LogP contribution is -2.33. The fourth-order valence-corrected chi connectivity index (χ4v) is 3.90. The monoisotopic (exact) mass is 441 g/mol. The highest BCUT2D eigenvalue weighted by Crippen LogP contribution is 2.36. The van der Waals surface area contributed by atoms with Gasteiger partial charge in [-0.1, -0.05) is 23.8 Å². The molecule has 33 heavy (non-hydrogen) atoms. The van der Waals surface area contributed by atoms with Crippen molar-refractivity contribution in [3.63, 3.8) is 0 Å². The molecule has 0 aliphatic carbocycles. The lowest BCUT2D eigenvalue weighted by atomic mass is 10.0. The summed E-state index contributed by atoms with van der Waals surface area (Å²) in [6.07, 6.45) is 0. The van der Waals surface area contributed by atoms with Crippen LogP contribution < -0.4 is 10.2 Å². The van der Waals surface area contributed by atoms with Crippen LogP contribution in [0.25, 0.3) is 5.57 Å². The van der Waals surface area contributed by atoms with Gasteiger partial charge >= 0.3 is 0 Å². The Morgan fingerprint density at radius 1 is 0.788 bits per heavy atom. The first-order valence-corrected chi connectivity index (χ1v) is 10.5. The molecule has 0 saturated heterocycles. The third-order valence-corrected chi connectivity index (χ3v) is 5.82. The van der Waals surface area contributed by atoms with Crippen LogP contribution in [-0.2, 0) is 9.59 Å². The van der Waals surface area contributed by atoms with Gasteiger partial charge in [-0.25, -0.2) is 4.90 Å². The molecule has 7 heteroatoms. The smallest absolute Gasteiger partial charge is 0.282 e. The summed E-state index contributed by atoms with van der Waals surface area (Å²) >= 11 is 0. The van der Waals surface area contributed by atoms with Crippen molar-refractivity contribution in [2.75, 3.05) is 10.2 Å². The molecule has 1 aliphatic rings. The zero-order valence-electron chi connectivity index (χ0n) is 18.8. The van der Waals surface area contributed by atoms with Crippen molar-refractivity contribution >= 4 is 34.4 Å². The van der Waals surface area contributed by atoms with E-state index in [1.165, 1.54) is 24.3 Å². The third kappa shape index (κ3) is 4.01. The maximum absolute atomic E-state index is 13.6. The molecule has 0 bridgehead atoms. The van der Waals surface area contributed by atoms with Gasteiger partial charge < -0.3 is 5.32 Å². The maximum atomic E-state index is 13.6. The Morgan fingerprint density at radius 3 is 2.09 bits per heavy atom. The van der Waals surface area contributed by atoms with E-state index in [2.05, 4.69) is 5.32 Å². The van der Waals surface area contributed by atoms with Gasteiger partial charge in [0.15, 0.2) is 0 Å². The normalized spacial score (nSPS) is 13.6. The molecule has 0 spiro atoms. The third-order valence-electron chi connectivity index (χ3n) is 5.82. The number of imide groups is 1. The molecule has 1 heterocycles. The van der Waals surface area contributed by atoms with Crippen molar-refractivity contribution in [2.24, 2.45) is 0 Å². The molecule has 0 radical (unpaired) electrons. The number of non-ortho nitro benzene ring substituents is 1. The molecule has 0 fully saturated rings. The van der Waals surface area contributed by atoms with Gasteiger partial charge in [0.25, 0.3) is 17.5 Å². The highest BCUT2D eigenvalue weighted by molar-refractivity contribution is 6.46. The lowest BCUT2D eigenvalue weighted by Gasteiger charge is -2.18. The first-order chi connectivity index (χ1) is 15.7. The molecule has 4 rings (SSSR count). The number of hydrogen-bond acceptors (Lipinski definition) is 5. The Hall–Kier alpha value is -4.26. The van der Waals surface area contributed by atoms with E-state index in [4.69, 9.17) is 0 Å². The largest absolute Gasteiger partial charge is 0.350 e. The van der Waals surface area contributed by atoms with E-state index in [1.54, 1.807) is 6.07 Å². The SMILES string of the molecule is Cc1ccc(N2C(=O)C(Nc3ccc(C)c(C)c3)=C(c3ccc([N+](=O)[O-])cc3)C2=O)c(C)c1. The number of amides is 2. The summed E-state index contributed by atoms with van der Waals surface area (Å²) in [6, 6.07) is 16.9. The summed E-state index contributed by atoms with van der Waals surface area (Å²) in [5, 5.41) is 14.2. The summed E-state index contributed by atoms with van der Waals surface area (Å²) < 4.78 is 0. The molecule has 0 saturated carbocycles. The maximum Gasteiger partial charge on any atom is 0.282 e. The van der Waals surface area contributed by atoms with Crippen LogP contribution in [0.2, 0.25) is 0 Å². The molecule has 7 nitrogen and oxygen atoms in total. The first kappa shape index (κ1) is 22.0. The summed E-state index contributed by atoms with van der Waals surface area (Å²) in [5.41, 5.74) is 5.80. The summed E-state index contributed by atoms with van der Waals surface area (Å²) in [4.78, 5) is 38.8. The van der Waals surface area contributed by atoms with Crippen LogP contribution in [0, 0.1) is 37.8 Å². The number of benzene rings is 3. The topological polar surface area (TPSA) is 92.6 Å². The molecule has 166 valence electrons. The first-order valence-electron chi connectivity index (χ1n) is 10.5. The quantitative estimate of drug-likeness (QED) is 0.333. The van der Waals surface area contributed by atoms with Crippen molar-refractivity contribution in [1.82, 2.24) is 0 Å². The lowest BCUT2D eigenvalue weighted by molar-refractivity contribution is -0.384. The number of nitro benzene ring substituents is 1. The number of rotatable bonds is 5. The van der Waals surface area contributed by atoms with Gasteiger partial charge in [-0.05, 0) is 80.3 Å². The highest BCUT2D eigenvalue weighted by Gasteiger charge is 2.41. The highest BCUT2D eigenvalue weighted by atomic mass is 16.6. The molecule has 1 aliphatic heterocycles. The number of nitrogens with zero attached hydrogens (tertiary/aromatic N) is 2. The molecule has 3 aromatic rings. The van der Waals surface area contributed by atoms with Crippen LogP contribution in [0.1, 0.15) is 27.8 Å². The van der Waals surface area contributed by atoms with Crippen molar-refractivity contribution < 1.29 is 14.5 Å². The van der Waals surface area contributed by atoms with Gasteiger partial charge in [0.1, 0.15) is 5.70 Å². The number of hydrogen-bond donors (Lipinski definition) is 1. The Morgan fingerprint density at radius 2 is 1.48 bits per heavy atom. The van der Waals surface area contributed by atoms with Crippen LogP contribution in [0.5, 0.6) is 0 Å². The average Bonchev–Trinajstić information content (AvgIpc) is 3.00. The number of carbonyl (C=O) groups excluding carboxylic acids is 2. The van der Waals surface area contributed by atoms with Crippen LogP contribution in [0.3, 0.4) is 0 Å². The number of nitrogens with one attached hydrogen (secondary N) is 1. The molecular formula is C26H23N3O4. The minimum Gasteiger partial charge on any atom is -0.350 e. The summed E-state index contributed by atoms with van der Waals surface area (Å²) in [6.45, 7) is 7.75. The van der Waals surface area contributed by atoms with Crippen molar-refractivity contribution in [2.45, 2.75) is 27.7 Å². The van der Waals surface area contributed by atoms with Gasteiger partial charge in [-0.2, -0.15) is 0 Å². The zero-order valence-corrected chi connectivity index (χ0v) is 18.8. The van der Waals surface area contributed by atoms with Crippen molar-refractivity contribution in [1.29, 1.82) is 0 Å². The van der Waals surface area contributed by atoms with E-state index in [9.17, 15) is 19.7 Å². The number of nitro groups is 1. The predicted molar refractivity (Wildman–Crippen MR) is 128 cm³/mol. The number of anilines is 2. The molecule has 3 aromatic carbocycles. The fraction of sp³-hybridized carbons (Fsp3) is 0.154. The predicted octanol–water partition coefficient (Wildman–Crippen LogP) is 5.23. The Kier molecular flexibility index (Phi) is 5.55. The minimum atomic E-state index is -0.504. The second-order valence-electron chi connectivity index (χ2n) is 8.21. The van der Waals surface area contributed by atoms with E-state index in [0.717, 1.165) is 27.2 Å². The van der Waals surface area contributed by atoms with Gasteiger partial charge in [-0.15, -0.1) is 0 Å². The number of aryl methyl sites for hydroxylation is 4. The fourth-order valence-electron chi connectivity index (χ4n) is 3.90. The second kappa shape index (κ2) is 8.35. The average molecular weight is 441 g/mol. The van der Waals surface area contributed by atoms with Crippen LogP contribution >= 0.6 is 0 Å². The van der Waals surface area contributed by atoms with Gasteiger partial charge in [0.05, 0.1) is 16.2 Å². The summed E-state index contributed by atoms with van der Waals surface area (Å²) in [5.74, 6) is -0.953. The zero-order chi connectivity index (χ0) is 23.9. The molecule has 0 aromatic heterocycles.